The van der Waals surface area contributed by atoms with Gasteiger partial charge >= 0.3 is 0 Å². The maximum Gasteiger partial charge on any atom is 0.174 e. The van der Waals surface area contributed by atoms with Gasteiger partial charge in [-0.05, 0) is 60.8 Å². The van der Waals surface area contributed by atoms with E-state index in [1.165, 1.54) is 24.1 Å². The molecule has 6 heteroatoms. The lowest BCUT2D eigenvalue weighted by atomic mass is 9.99. The fourth-order valence-electron chi connectivity index (χ4n) is 3.23. The van der Waals surface area contributed by atoms with Crippen molar-refractivity contribution in [3.05, 3.63) is 48.2 Å². The minimum absolute atomic E-state index is 0.524. The van der Waals surface area contributed by atoms with Crippen LogP contribution in [0.4, 0.5) is 11.5 Å². The summed E-state index contributed by atoms with van der Waals surface area (Å²) < 4.78 is 5.27. The molecule has 1 aliphatic rings. The first kappa shape index (κ1) is 18.5. The first-order valence-electron chi connectivity index (χ1n) is 9.03. The molecule has 1 fully saturated rings. The molecule has 0 unspecified atom stereocenters. The molecular weight excluding hydrogens is 344 g/mol. The molecule has 1 aliphatic heterocycles. The molecule has 2 N–H and O–H groups in total. The van der Waals surface area contributed by atoms with Crippen LogP contribution in [0.25, 0.3) is 0 Å². The van der Waals surface area contributed by atoms with Gasteiger partial charge < -0.3 is 20.3 Å². The fourth-order valence-corrected chi connectivity index (χ4v) is 3.40. The second-order valence-electron chi connectivity index (χ2n) is 6.72. The fraction of sp³-hybridized carbons (Fsp3) is 0.400. The van der Waals surface area contributed by atoms with Crippen LogP contribution in [0.3, 0.4) is 0 Å². The second kappa shape index (κ2) is 8.85. The van der Waals surface area contributed by atoms with E-state index in [1.807, 2.05) is 12.1 Å². The lowest BCUT2D eigenvalue weighted by molar-refractivity contribution is 0.415. The lowest BCUT2D eigenvalue weighted by Crippen LogP contribution is -2.34. The Morgan fingerprint density at radius 3 is 2.85 bits per heavy atom. The molecule has 138 valence electrons. The summed E-state index contributed by atoms with van der Waals surface area (Å²) in [4.78, 5) is 6.72. The van der Waals surface area contributed by atoms with Crippen LogP contribution in [0.2, 0.25) is 0 Å². The molecule has 2 aromatic rings. The second-order valence-corrected chi connectivity index (χ2v) is 7.13. The molecule has 2 heterocycles. The smallest absolute Gasteiger partial charge is 0.174 e. The van der Waals surface area contributed by atoms with Crippen molar-refractivity contribution in [1.29, 1.82) is 0 Å². The van der Waals surface area contributed by atoms with E-state index in [-0.39, 0.29) is 0 Å². The van der Waals surface area contributed by atoms with Gasteiger partial charge in [0.1, 0.15) is 0 Å². The number of anilines is 2. The van der Waals surface area contributed by atoms with E-state index in [2.05, 4.69) is 51.7 Å². The number of nitrogens with one attached hydrogen (secondary N) is 2. The number of thiocarbonyl (C=S) groups is 1. The summed E-state index contributed by atoms with van der Waals surface area (Å²) in [7, 11) is 1.61. The minimum atomic E-state index is 0.524. The van der Waals surface area contributed by atoms with Crippen LogP contribution >= 0.6 is 12.2 Å². The Kier molecular flexibility index (Phi) is 6.28. The Morgan fingerprint density at radius 2 is 2.12 bits per heavy atom. The van der Waals surface area contributed by atoms with Crippen molar-refractivity contribution in [2.75, 3.05) is 30.4 Å². The first-order valence-corrected chi connectivity index (χ1v) is 9.44. The van der Waals surface area contributed by atoms with Gasteiger partial charge in [-0.3, -0.25) is 0 Å². The summed E-state index contributed by atoms with van der Waals surface area (Å²) in [5.74, 6) is 2.05. The summed E-state index contributed by atoms with van der Waals surface area (Å²) in [6.45, 7) is 5.30. The number of ether oxygens (including phenoxy) is 1. The van der Waals surface area contributed by atoms with Gasteiger partial charge in [0.05, 0.1) is 7.11 Å². The summed E-state index contributed by atoms with van der Waals surface area (Å²) in [5, 5.41) is 6.82. The normalized spacial score (nSPS) is 16.8. The highest BCUT2D eigenvalue weighted by atomic mass is 32.1. The molecule has 5 nitrogen and oxygen atoms in total. The Hall–Kier alpha value is -2.34. The van der Waals surface area contributed by atoms with Crippen molar-refractivity contribution >= 4 is 28.8 Å². The van der Waals surface area contributed by atoms with Crippen molar-refractivity contribution < 1.29 is 4.74 Å². The van der Waals surface area contributed by atoms with Crippen LogP contribution in [0, 0.1) is 5.92 Å². The quantitative estimate of drug-likeness (QED) is 0.781. The lowest BCUT2D eigenvalue weighted by Gasteiger charge is -2.32. The van der Waals surface area contributed by atoms with E-state index in [9.17, 15) is 0 Å². The highest BCUT2D eigenvalue weighted by Gasteiger charge is 2.16. The van der Waals surface area contributed by atoms with E-state index >= 15 is 0 Å². The van der Waals surface area contributed by atoms with E-state index in [0.29, 0.717) is 23.2 Å². The molecule has 0 saturated carbocycles. The number of rotatable bonds is 5. The molecule has 3 rings (SSSR count). The van der Waals surface area contributed by atoms with E-state index < -0.39 is 0 Å². The molecule has 1 atom stereocenters. The van der Waals surface area contributed by atoms with Gasteiger partial charge in [0.15, 0.2) is 16.7 Å². The third kappa shape index (κ3) is 4.85. The van der Waals surface area contributed by atoms with Gasteiger partial charge in [-0.25, -0.2) is 4.98 Å². The van der Waals surface area contributed by atoms with Gasteiger partial charge in [0.2, 0.25) is 0 Å². The molecule has 0 radical (unpaired) electrons. The molecule has 0 bridgehead atoms. The molecule has 1 saturated heterocycles. The monoisotopic (exact) mass is 370 g/mol. The third-order valence-corrected chi connectivity index (χ3v) is 4.88. The predicted molar refractivity (Wildman–Crippen MR) is 111 cm³/mol. The molecule has 1 aromatic carbocycles. The van der Waals surface area contributed by atoms with E-state index in [1.54, 1.807) is 13.3 Å². The molecule has 0 aliphatic carbocycles. The van der Waals surface area contributed by atoms with Crippen LogP contribution in [-0.2, 0) is 6.54 Å². The van der Waals surface area contributed by atoms with Crippen molar-refractivity contribution in [3.63, 3.8) is 0 Å². The number of nitrogens with zero attached hydrogens (tertiary/aromatic N) is 2. The predicted octanol–water partition coefficient (Wildman–Crippen LogP) is 3.81. The average molecular weight is 371 g/mol. The number of pyridine rings is 1. The zero-order valence-corrected chi connectivity index (χ0v) is 16.2. The van der Waals surface area contributed by atoms with Crippen molar-refractivity contribution in [2.45, 2.75) is 26.3 Å². The average Bonchev–Trinajstić information content (AvgIpc) is 2.67. The van der Waals surface area contributed by atoms with Gasteiger partial charge in [-0.1, -0.05) is 19.1 Å². The summed E-state index contributed by atoms with van der Waals surface area (Å²) in [6.07, 6.45) is 4.32. The highest BCUT2D eigenvalue weighted by molar-refractivity contribution is 7.80. The maximum atomic E-state index is 5.36. The van der Waals surface area contributed by atoms with E-state index in [0.717, 1.165) is 19.0 Å². The van der Waals surface area contributed by atoms with Crippen LogP contribution in [0.1, 0.15) is 25.3 Å². The summed E-state index contributed by atoms with van der Waals surface area (Å²) in [6, 6.07) is 12.4. The van der Waals surface area contributed by atoms with Gasteiger partial charge in [-0.2, -0.15) is 0 Å². The Morgan fingerprint density at radius 1 is 1.31 bits per heavy atom. The van der Waals surface area contributed by atoms with Crippen LogP contribution in [0.5, 0.6) is 5.75 Å². The molecule has 1 aromatic heterocycles. The van der Waals surface area contributed by atoms with Gasteiger partial charge in [-0.15, -0.1) is 0 Å². The van der Waals surface area contributed by atoms with Crippen LogP contribution < -0.4 is 20.3 Å². The minimum Gasteiger partial charge on any atom is -0.493 e. The third-order valence-electron chi connectivity index (χ3n) is 4.63. The number of aromatic nitrogens is 1. The van der Waals surface area contributed by atoms with Gasteiger partial charge in [0.25, 0.3) is 0 Å². The number of benzene rings is 1. The molecule has 26 heavy (non-hydrogen) atoms. The zero-order valence-electron chi connectivity index (χ0n) is 15.4. The number of piperidine rings is 1. The maximum absolute atomic E-state index is 5.36. The van der Waals surface area contributed by atoms with Crippen molar-refractivity contribution in [1.82, 2.24) is 10.3 Å². The van der Waals surface area contributed by atoms with E-state index in [4.69, 9.17) is 17.0 Å². The molecule has 0 amide bonds. The summed E-state index contributed by atoms with van der Waals surface area (Å²) >= 11 is 5.36. The Balaban J connectivity index is 1.52. The van der Waals surface area contributed by atoms with Gasteiger partial charge in [0, 0.05) is 31.5 Å². The number of hydrogen-bond donors (Lipinski definition) is 2. The molecule has 0 spiro atoms. The topological polar surface area (TPSA) is 49.4 Å². The SMILES string of the molecule is COc1cccnc1NC(=S)NCc1ccc(N2CCC[C@H](C)C2)cc1. The number of methoxy groups -OCH3 is 1. The van der Waals surface area contributed by atoms with Crippen molar-refractivity contribution in [2.24, 2.45) is 5.92 Å². The summed E-state index contributed by atoms with van der Waals surface area (Å²) in [5.41, 5.74) is 2.50. The number of hydrogen-bond acceptors (Lipinski definition) is 4. The largest absolute Gasteiger partial charge is 0.493 e. The van der Waals surface area contributed by atoms with Crippen LogP contribution in [-0.4, -0.2) is 30.3 Å². The molecular formula is C20H26N4OS. The standard InChI is InChI=1S/C20H26N4OS/c1-15-5-4-12-24(14-15)17-9-7-16(8-10-17)13-22-20(26)23-19-18(25-2)6-3-11-21-19/h3,6-11,15H,4-5,12-14H2,1-2H3,(H2,21,22,23,26)/t15-/m0/s1. The van der Waals surface area contributed by atoms with Crippen molar-refractivity contribution in [3.8, 4) is 5.75 Å². The van der Waals surface area contributed by atoms with Crippen LogP contribution in [0.15, 0.2) is 42.6 Å². The zero-order chi connectivity index (χ0) is 18.4. The first-order chi connectivity index (χ1) is 12.7. The Labute approximate surface area is 160 Å². The highest BCUT2D eigenvalue weighted by Crippen LogP contribution is 2.23. The Bertz CT molecular complexity index is 735.